The number of thioether (sulfide) groups is 1. The van der Waals surface area contributed by atoms with Crippen molar-refractivity contribution < 1.29 is 28.5 Å². The first-order valence-electron chi connectivity index (χ1n) is 10.8. The van der Waals surface area contributed by atoms with Gasteiger partial charge >= 0.3 is 0 Å². The van der Waals surface area contributed by atoms with Gasteiger partial charge in [-0.2, -0.15) is 0 Å². The van der Waals surface area contributed by atoms with Gasteiger partial charge in [-0.25, -0.2) is 0 Å². The van der Waals surface area contributed by atoms with E-state index in [2.05, 4.69) is 0 Å². The normalized spacial score (nSPS) is 15.6. The maximum Gasteiger partial charge on any atom is 0.293 e. The number of carbonyl (C=O) groups excluding carboxylic acids is 2. The summed E-state index contributed by atoms with van der Waals surface area (Å²) in [7, 11) is 1.54. The standard InChI is InChI=1S/C26H19Cl2NO6S/c1-32-21-8-16(4-7-20(21)33-13-15-2-5-18(27)6-3-15)9-24-25(30)29(26(31)36-24)12-17-10-22-23(11-19(17)28)35-14-34-22/h2-11H,12-14H2,1H3/b24-9+. The van der Waals surface area contributed by atoms with Crippen molar-refractivity contribution >= 4 is 52.2 Å². The van der Waals surface area contributed by atoms with E-state index in [9.17, 15) is 9.59 Å². The van der Waals surface area contributed by atoms with Gasteiger partial charge in [0.25, 0.3) is 11.1 Å². The van der Waals surface area contributed by atoms with Gasteiger partial charge in [-0.15, -0.1) is 0 Å². The van der Waals surface area contributed by atoms with Crippen molar-refractivity contribution in [1.82, 2.24) is 4.90 Å². The molecular formula is C26H19Cl2NO6S. The molecule has 1 saturated heterocycles. The van der Waals surface area contributed by atoms with Crippen molar-refractivity contribution in [3.63, 3.8) is 0 Å². The second kappa shape index (κ2) is 10.3. The Labute approximate surface area is 221 Å². The van der Waals surface area contributed by atoms with E-state index in [1.54, 1.807) is 48.5 Å². The van der Waals surface area contributed by atoms with Gasteiger partial charge < -0.3 is 18.9 Å². The number of ether oxygens (including phenoxy) is 4. The number of imide groups is 1. The zero-order valence-electron chi connectivity index (χ0n) is 19.0. The summed E-state index contributed by atoms with van der Waals surface area (Å²) in [6.45, 7) is 0.473. The maximum absolute atomic E-state index is 13.0. The van der Waals surface area contributed by atoms with Crippen LogP contribution in [0.3, 0.4) is 0 Å². The van der Waals surface area contributed by atoms with E-state index >= 15 is 0 Å². The summed E-state index contributed by atoms with van der Waals surface area (Å²) in [6, 6.07) is 16.0. The lowest BCUT2D eigenvalue weighted by molar-refractivity contribution is -0.123. The third-order valence-corrected chi connectivity index (χ3v) is 7.05. The maximum atomic E-state index is 13.0. The molecule has 0 radical (unpaired) electrons. The number of hydrogen-bond donors (Lipinski definition) is 0. The van der Waals surface area contributed by atoms with E-state index in [0.29, 0.717) is 55.7 Å². The van der Waals surface area contributed by atoms with E-state index in [0.717, 1.165) is 22.2 Å². The summed E-state index contributed by atoms with van der Waals surface area (Å²) in [5, 5.41) is 0.667. The fourth-order valence-electron chi connectivity index (χ4n) is 3.67. The number of hydrogen-bond acceptors (Lipinski definition) is 7. The molecule has 7 nitrogen and oxygen atoms in total. The molecule has 36 heavy (non-hydrogen) atoms. The SMILES string of the molecule is COc1cc(/C=C2/SC(=O)N(Cc3cc4c(cc3Cl)OCO4)C2=O)ccc1OCc1ccc(Cl)cc1. The Balaban J connectivity index is 1.30. The third-order valence-electron chi connectivity index (χ3n) is 5.54. The fraction of sp³-hybridized carbons (Fsp3) is 0.154. The molecule has 0 atom stereocenters. The van der Waals surface area contributed by atoms with Crippen molar-refractivity contribution in [2.75, 3.05) is 13.9 Å². The predicted octanol–water partition coefficient (Wildman–Crippen LogP) is 6.55. The van der Waals surface area contributed by atoms with Crippen LogP contribution in [0.15, 0.2) is 59.5 Å². The summed E-state index contributed by atoms with van der Waals surface area (Å²) in [4.78, 5) is 27.1. The number of amides is 2. The van der Waals surface area contributed by atoms with E-state index in [1.165, 1.54) is 7.11 Å². The smallest absolute Gasteiger partial charge is 0.293 e. The van der Waals surface area contributed by atoms with Gasteiger partial charge in [-0.3, -0.25) is 14.5 Å². The minimum absolute atomic E-state index is 0.0261. The van der Waals surface area contributed by atoms with Crippen LogP contribution >= 0.6 is 35.0 Å². The number of halogens is 2. The Morgan fingerprint density at radius 1 is 1.00 bits per heavy atom. The van der Waals surface area contributed by atoms with Crippen molar-refractivity contribution in [1.29, 1.82) is 0 Å². The lowest BCUT2D eigenvalue weighted by Gasteiger charge is -2.14. The van der Waals surface area contributed by atoms with Crippen LogP contribution < -0.4 is 18.9 Å². The number of fused-ring (bicyclic) bond motifs is 1. The second-order valence-corrected chi connectivity index (χ2v) is 9.73. The molecule has 0 aromatic heterocycles. The molecule has 0 unspecified atom stereocenters. The van der Waals surface area contributed by atoms with E-state index < -0.39 is 5.91 Å². The van der Waals surface area contributed by atoms with E-state index in [1.807, 2.05) is 12.1 Å². The van der Waals surface area contributed by atoms with Crippen LogP contribution in [0.2, 0.25) is 10.0 Å². The number of carbonyl (C=O) groups is 2. The van der Waals surface area contributed by atoms with Crippen molar-refractivity contribution in [2.24, 2.45) is 0 Å². The second-order valence-electron chi connectivity index (χ2n) is 7.89. The van der Waals surface area contributed by atoms with Gasteiger partial charge in [0, 0.05) is 16.1 Å². The highest BCUT2D eigenvalue weighted by molar-refractivity contribution is 8.18. The topological polar surface area (TPSA) is 74.3 Å². The Bertz CT molecular complexity index is 1380. The molecule has 0 bridgehead atoms. The fourth-order valence-corrected chi connectivity index (χ4v) is 4.85. The average Bonchev–Trinajstić information content (AvgIpc) is 3.43. The zero-order chi connectivity index (χ0) is 25.2. The Kier molecular flexibility index (Phi) is 7.00. The molecule has 10 heteroatoms. The minimum atomic E-state index is -0.402. The summed E-state index contributed by atoms with van der Waals surface area (Å²) < 4.78 is 22.0. The monoisotopic (exact) mass is 543 g/mol. The number of rotatable bonds is 7. The van der Waals surface area contributed by atoms with Crippen LogP contribution in [0.5, 0.6) is 23.0 Å². The van der Waals surface area contributed by atoms with Gasteiger partial charge in [0.05, 0.1) is 18.6 Å². The Morgan fingerprint density at radius 3 is 2.50 bits per heavy atom. The first-order chi connectivity index (χ1) is 17.4. The Morgan fingerprint density at radius 2 is 1.75 bits per heavy atom. The van der Waals surface area contributed by atoms with Crippen molar-refractivity contribution in [3.05, 3.63) is 86.2 Å². The van der Waals surface area contributed by atoms with Crippen LogP contribution in [-0.2, 0) is 17.9 Å². The molecule has 1 fully saturated rings. The molecule has 2 aliphatic rings. The number of nitrogens with zero attached hydrogens (tertiary/aromatic N) is 1. The molecule has 184 valence electrons. The molecule has 2 amide bonds. The Hall–Kier alpha value is -3.33. The third kappa shape index (κ3) is 5.11. The molecule has 0 saturated carbocycles. The van der Waals surface area contributed by atoms with Crippen molar-refractivity contribution in [2.45, 2.75) is 13.2 Å². The number of benzene rings is 3. The van der Waals surface area contributed by atoms with Crippen LogP contribution in [0, 0.1) is 0 Å². The predicted molar refractivity (Wildman–Crippen MR) is 138 cm³/mol. The highest BCUT2D eigenvalue weighted by Crippen LogP contribution is 2.40. The summed E-state index contributed by atoms with van der Waals surface area (Å²) >= 11 is 13.1. The molecule has 0 N–H and O–H groups in total. The lowest BCUT2D eigenvalue weighted by atomic mass is 10.1. The van der Waals surface area contributed by atoms with Crippen LogP contribution in [-0.4, -0.2) is 29.9 Å². The zero-order valence-corrected chi connectivity index (χ0v) is 21.3. The highest BCUT2D eigenvalue weighted by atomic mass is 35.5. The molecule has 5 rings (SSSR count). The van der Waals surface area contributed by atoms with Crippen LogP contribution in [0.1, 0.15) is 16.7 Å². The highest BCUT2D eigenvalue weighted by Gasteiger charge is 2.35. The van der Waals surface area contributed by atoms with E-state index in [4.69, 9.17) is 42.1 Å². The molecular weight excluding hydrogens is 525 g/mol. The molecule has 3 aromatic carbocycles. The van der Waals surface area contributed by atoms with E-state index in [-0.39, 0.29) is 18.6 Å². The minimum Gasteiger partial charge on any atom is -0.493 e. The van der Waals surface area contributed by atoms with Gasteiger partial charge in [-0.05, 0) is 64.9 Å². The van der Waals surface area contributed by atoms with Crippen LogP contribution in [0.4, 0.5) is 4.79 Å². The lowest BCUT2D eigenvalue weighted by Crippen LogP contribution is -2.27. The molecule has 0 spiro atoms. The van der Waals surface area contributed by atoms with Gasteiger partial charge in [0.1, 0.15) is 6.61 Å². The average molecular weight is 544 g/mol. The summed E-state index contributed by atoms with van der Waals surface area (Å²) in [6.07, 6.45) is 1.65. The molecule has 2 aliphatic heterocycles. The van der Waals surface area contributed by atoms with Crippen LogP contribution in [0.25, 0.3) is 6.08 Å². The van der Waals surface area contributed by atoms with Gasteiger partial charge in [0.15, 0.2) is 23.0 Å². The van der Waals surface area contributed by atoms with Gasteiger partial charge in [-0.1, -0.05) is 41.4 Å². The largest absolute Gasteiger partial charge is 0.493 e. The summed E-state index contributed by atoms with van der Waals surface area (Å²) in [5.74, 6) is 1.72. The molecule has 2 heterocycles. The van der Waals surface area contributed by atoms with Gasteiger partial charge in [0.2, 0.25) is 6.79 Å². The first kappa shape index (κ1) is 24.4. The quantitative estimate of drug-likeness (QED) is 0.313. The van der Waals surface area contributed by atoms with Crippen molar-refractivity contribution in [3.8, 4) is 23.0 Å². The summed E-state index contributed by atoms with van der Waals surface area (Å²) in [5.41, 5.74) is 2.24. The molecule has 0 aliphatic carbocycles. The number of methoxy groups -OCH3 is 1. The first-order valence-corrected chi connectivity index (χ1v) is 12.4. The molecule has 3 aromatic rings.